The summed E-state index contributed by atoms with van der Waals surface area (Å²) in [6, 6.07) is 17.5. The first-order valence-corrected chi connectivity index (χ1v) is 7.18. The summed E-state index contributed by atoms with van der Waals surface area (Å²) < 4.78 is 0. The number of hydrogen-bond donors (Lipinski definition) is 0. The number of nitrogens with zero attached hydrogens (tertiary/aromatic N) is 4. The lowest BCUT2D eigenvalue weighted by Crippen LogP contribution is -2.19. The number of anilines is 1. The van der Waals surface area contributed by atoms with Crippen molar-refractivity contribution in [2.24, 2.45) is 0 Å². The molecule has 0 amide bonds. The van der Waals surface area contributed by atoms with Gasteiger partial charge in [-0.3, -0.25) is 0 Å². The molecule has 0 aliphatic rings. The Balaban J connectivity index is 2.04. The van der Waals surface area contributed by atoms with Gasteiger partial charge in [-0.05, 0) is 23.8 Å². The lowest BCUT2D eigenvalue weighted by atomic mass is 10.1. The van der Waals surface area contributed by atoms with Gasteiger partial charge in [0.15, 0.2) is 5.69 Å². The van der Waals surface area contributed by atoms with Crippen molar-refractivity contribution in [1.82, 2.24) is 10.2 Å². The summed E-state index contributed by atoms with van der Waals surface area (Å²) in [5.41, 5.74) is 3.01. The minimum atomic E-state index is 0.329. The maximum atomic E-state index is 9.33. The molecular weight excluding hydrogens is 296 g/mol. The molecule has 0 radical (unpaired) electrons. The molecular formula is C17H13ClN4. The quantitative estimate of drug-likeness (QED) is 0.738. The van der Waals surface area contributed by atoms with E-state index in [4.69, 9.17) is 11.6 Å². The molecule has 108 valence electrons. The van der Waals surface area contributed by atoms with Crippen LogP contribution in [0.3, 0.4) is 0 Å². The van der Waals surface area contributed by atoms with Crippen molar-refractivity contribution in [2.75, 3.05) is 11.9 Å². The van der Waals surface area contributed by atoms with Gasteiger partial charge in [-0.15, -0.1) is 10.2 Å². The fraction of sp³-hybridized carbons (Fsp3) is 0.118. The lowest BCUT2D eigenvalue weighted by Gasteiger charge is -2.21. The van der Waals surface area contributed by atoms with Crippen LogP contribution in [0.25, 0.3) is 10.9 Å². The molecule has 0 fully saturated rings. The third-order valence-electron chi connectivity index (χ3n) is 3.46. The average Bonchev–Trinajstić information content (AvgIpc) is 2.55. The van der Waals surface area contributed by atoms with E-state index in [0.717, 1.165) is 22.2 Å². The van der Waals surface area contributed by atoms with Gasteiger partial charge in [0, 0.05) is 24.0 Å². The van der Waals surface area contributed by atoms with Gasteiger partial charge in [-0.1, -0.05) is 41.9 Å². The zero-order valence-corrected chi connectivity index (χ0v) is 12.7. The van der Waals surface area contributed by atoms with E-state index in [1.54, 1.807) is 0 Å². The number of fused-ring (bicyclic) bond motifs is 1. The van der Waals surface area contributed by atoms with Crippen LogP contribution in [0.15, 0.2) is 48.5 Å². The molecule has 2 aromatic carbocycles. The largest absolute Gasteiger partial charge is 0.367 e. The third-order valence-corrected chi connectivity index (χ3v) is 3.71. The second kappa shape index (κ2) is 6.00. The second-order valence-electron chi connectivity index (χ2n) is 5.01. The molecule has 3 rings (SSSR count). The number of nitriles is 1. The summed E-state index contributed by atoms with van der Waals surface area (Å²) in [7, 11) is 1.94. The predicted molar refractivity (Wildman–Crippen MR) is 87.8 cm³/mol. The maximum Gasteiger partial charge on any atom is 0.187 e. The highest BCUT2D eigenvalue weighted by atomic mass is 35.5. The summed E-state index contributed by atoms with van der Waals surface area (Å²) in [4.78, 5) is 2.01. The van der Waals surface area contributed by atoms with E-state index in [2.05, 4.69) is 16.3 Å². The van der Waals surface area contributed by atoms with Gasteiger partial charge in [0.1, 0.15) is 6.07 Å². The summed E-state index contributed by atoms with van der Waals surface area (Å²) in [5.74, 6) is 0. The molecule has 4 nitrogen and oxygen atoms in total. The molecule has 0 saturated carbocycles. The predicted octanol–water partition coefficient (Wildman–Crippen LogP) is 3.79. The van der Waals surface area contributed by atoms with Crippen LogP contribution in [0, 0.1) is 11.3 Å². The highest BCUT2D eigenvalue weighted by Crippen LogP contribution is 2.28. The Morgan fingerprint density at radius 1 is 1.09 bits per heavy atom. The van der Waals surface area contributed by atoms with E-state index in [-0.39, 0.29) is 0 Å². The molecule has 0 saturated heterocycles. The summed E-state index contributed by atoms with van der Waals surface area (Å²) in [5, 5.41) is 19.1. The first kappa shape index (κ1) is 14.3. The van der Waals surface area contributed by atoms with Crippen LogP contribution in [0.4, 0.5) is 5.69 Å². The maximum absolute atomic E-state index is 9.33. The Kier molecular flexibility index (Phi) is 3.90. The van der Waals surface area contributed by atoms with E-state index in [1.807, 2.05) is 60.5 Å². The molecule has 0 N–H and O–H groups in total. The highest BCUT2D eigenvalue weighted by Gasteiger charge is 2.14. The minimum absolute atomic E-state index is 0.329. The van der Waals surface area contributed by atoms with Crippen molar-refractivity contribution in [3.8, 4) is 6.07 Å². The number of hydrogen-bond acceptors (Lipinski definition) is 4. The van der Waals surface area contributed by atoms with Gasteiger partial charge in [-0.25, -0.2) is 0 Å². The minimum Gasteiger partial charge on any atom is -0.367 e. The van der Waals surface area contributed by atoms with Crippen LogP contribution in [-0.4, -0.2) is 17.2 Å². The number of aromatic nitrogens is 2. The molecule has 3 aromatic rings. The van der Waals surface area contributed by atoms with Gasteiger partial charge in [0.05, 0.1) is 11.2 Å². The first-order valence-electron chi connectivity index (χ1n) is 6.80. The summed E-state index contributed by atoms with van der Waals surface area (Å²) in [6.07, 6.45) is 0. The first-order chi connectivity index (χ1) is 10.7. The summed E-state index contributed by atoms with van der Waals surface area (Å²) in [6.45, 7) is 0.654. The van der Waals surface area contributed by atoms with Crippen molar-refractivity contribution >= 4 is 28.2 Å². The lowest BCUT2D eigenvalue weighted by molar-refractivity contribution is 0.909. The van der Waals surface area contributed by atoms with Crippen molar-refractivity contribution in [3.63, 3.8) is 0 Å². The van der Waals surface area contributed by atoms with Crippen LogP contribution < -0.4 is 4.90 Å². The summed E-state index contributed by atoms with van der Waals surface area (Å²) >= 11 is 5.92. The molecule has 22 heavy (non-hydrogen) atoms. The molecule has 0 atom stereocenters. The van der Waals surface area contributed by atoms with Crippen LogP contribution in [0.5, 0.6) is 0 Å². The second-order valence-corrected chi connectivity index (χ2v) is 5.45. The molecule has 0 aliphatic carbocycles. The number of rotatable bonds is 3. The number of benzene rings is 2. The van der Waals surface area contributed by atoms with Gasteiger partial charge >= 0.3 is 0 Å². The van der Waals surface area contributed by atoms with Crippen LogP contribution in [-0.2, 0) is 6.54 Å². The molecule has 0 unspecified atom stereocenters. The topological polar surface area (TPSA) is 52.8 Å². The zero-order chi connectivity index (χ0) is 15.5. The Bertz CT molecular complexity index is 853. The van der Waals surface area contributed by atoms with Gasteiger partial charge in [0.25, 0.3) is 0 Å². The molecule has 1 aromatic heterocycles. The molecule has 0 bridgehead atoms. The van der Waals surface area contributed by atoms with Crippen LogP contribution in [0.2, 0.25) is 5.02 Å². The van der Waals surface area contributed by atoms with Crippen LogP contribution in [0.1, 0.15) is 11.3 Å². The Labute approximate surface area is 133 Å². The third kappa shape index (κ3) is 2.72. The van der Waals surface area contributed by atoms with Gasteiger partial charge < -0.3 is 4.90 Å². The highest BCUT2D eigenvalue weighted by molar-refractivity contribution is 6.30. The molecule has 1 heterocycles. The number of halogens is 1. The van der Waals surface area contributed by atoms with Gasteiger partial charge in [0.2, 0.25) is 0 Å². The fourth-order valence-electron chi connectivity index (χ4n) is 2.44. The zero-order valence-electron chi connectivity index (χ0n) is 12.0. The monoisotopic (exact) mass is 308 g/mol. The fourth-order valence-corrected chi connectivity index (χ4v) is 2.57. The van der Waals surface area contributed by atoms with E-state index in [1.165, 1.54) is 0 Å². The van der Waals surface area contributed by atoms with Gasteiger partial charge in [-0.2, -0.15) is 5.26 Å². The Morgan fingerprint density at radius 2 is 1.82 bits per heavy atom. The Hall–Kier alpha value is -2.64. The van der Waals surface area contributed by atoms with Crippen LogP contribution >= 0.6 is 11.6 Å². The van der Waals surface area contributed by atoms with E-state index < -0.39 is 0 Å². The average molecular weight is 309 g/mol. The van der Waals surface area contributed by atoms with E-state index in [0.29, 0.717) is 17.3 Å². The smallest absolute Gasteiger partial charge is 0.187 e. The molecule has 5 heteroatoms. The SMILES string of the molecule is CN(Cc1ccc(Cl)cc1)c1c(C#N)nnc2ccccc12. The van der Waals surface area contributed by atoms with Crippen molar-refractivity contribution < 1.29 is 0 Å². The Morgan fingerprint density at radius 3 is 2.55 bits per heavy atom. The standard InChI is InChI=1S/C17H13ClN4/c1-22(11-12-6-8-13(18)9-7-12)17-14-4-2-3-5-15(14)20-21-16(17)10-19/h2-9H,11H2,1H3. The van der Waals surface area contributed by atoms with Crippen molar-refractivity contribution in [1.29, 1.82) is 5.26 Å². The normalized spacial score (nSPS) is 10.4. The van der Waals surface area contributed by atoms with E-state index in [9.17, 15) is 5.26 Å². The molecule has 0 spiro atoms. The van der Waals surface area contributed by atoms with E-state index >= 15 is 0 Å². The van der Waals surface area contributed by atoms with Crippen molar-refractivity contribution in [2.45, 2.75) is 6.54 Å². The molecule has 0 aliphatic heterocycles. The van der Waals surface area contributed by atoms with Crippen molar-refractivity contribution in [3.05, 3.63) is 64.8 Å².